The van der Waals surface area contributed by atoms with Crippen LogP contribution in [0.3, 0.4) is 0 Å². The minimum absolute atomic E-state index is 0.167. The van der Waals surface area contributed by atoms with E-state index >= 15 is 0 Å². The maximum absolute atomic E-state index is 14.5. The molecule has 0 fully saturated rings. The average Bonchev–Trinajstić information content (AvgIpc) is 2.52. The van der Waals surface area contributed by atoms with Crippen molar-refractivity contribution in [1.82, 2.24) is 0 Å². The third-order valence-electron chi connectivity index (χ3n) is 4.76. The van der Waals surface area contributed by atoms with E-state index in [0.29, 0.717) is 24.8 Å². The van der Waals surface area contributed by atoms with Crippen molar-refractivity contribution in [2.45, 2.75) is 51.4 Å². The first kappa shape index (κ1) is 16.1. The van der Waals surface area contributed by atoms with Crippen LogP contribution in [0.15, 0.2) is 30.3 Å². The van der Waals surface area contributed by atoms with Gasteiger partial charge in [-0.05, 0) is 79.0 Å². The third-order valence-corrected chi connectivity index (χ3v) is 4.76. The van der Waals surface area contributed by atoms with E-state index in [2.05, 4.69) is 6.92 Å². The van der Waals surface area contributed by atoms with Crippen LogP contribution in [0.4, 0.5) is 13.2 Å². The van der Waals surface area contributed by atoms with Crippen LogP contribution in [-0.4, -0.2) is 0 Å². The van der Waals surface area contributed by atoms with E-state index in [9.17, 15) is 13.2 Å². The minimum atomic E-state index is -0.457. The molecule has 0 nitrogen and oxygen atoms in total. The van der Waals surface area contributed by atoms with Crippen molar-refractivity contribution < 1.29 is 13.2 Å². The molecule has 0 bridgehead atoms. The maximum Gasteiger partial charge on any atom is 0.129 e. The fraction of sp³-hybridized carbons (Fsp3) is 0.400. The number of hydrogen-bond acceptors (Lipinski definition) is 0. The fourth-order valence-electron chi connectivity index (χ4n) is 3.52. The molecule has 0 aromatic heterocycles. The Kier molecular flexibility index (Phi) is 4.74. The second-order valence-corrected chi connectivity index (χ2v) is 6.43. The molecule has 2 aromatic rings. The number of hydrogen-bond donors (Lipinski definition) is 0. The van der Waals surface area contributed by atoms with Gasteiger partial charge in [0.05, 0.1) is 0 Å². The number of benzene rings is 2. The van der Waals surface area contributed by atoms with Crippen LogP contribution in [0.1, 0.15) is 54.4 Å². The largest absolute Gasteiger partial charge is 0.207 e. The minimum Gasteiger partial charge on any atom is -0.207 e. The Labute approximate surface area is 135 Å². The third kappa shape index (κ3) is 3.44. The summed E-state index contributed by atoms with van der Waals surface area (Å²) in [5.74, 6) is -1.42. The molecular weight excluding hydrogens is 297 g/mol. The Bertz CT molecular complexity index is 683. The Hall–Kier alpha value is -1.77. The quantitative estimate of drug-likeness (QED) is 0.676. The molecule has 23 heavy (non-hydrogen) atoms. The van der Waals surface area contributed by atoms with Gasteiger partial charge in [0.1, 0.15) is 17.5 Å². The number of unbranched alkanes of at least 4 members (excludes halogenated alkanes) is 1. The van der Waals surface area contributed by atoms with Gasteiger partial charge < -0.3 is 0 Å². The standard InChI is InChI=1S/C20H21F3/c1-2-3-4-13-9-18(22)20(19(23)10-13)15-6-5-14-7-8-17(21)12-16(14)11-15/h7-10,12,15H,2-6,11H2,1H3. The van der Waals surface area contributed by atoms with Gasteiger partial charge >= 0.3 is 0 Å². The highest BCUT2D eigenvalue weighted by Crippen LogP contribution is 2.36. The van der Waals surface area contributed by atoms with Crippen LogP contribution in [0.2, 0.25) is 0 Å². The average molecular weight is 318 g/mol. The number of rotatable bonds is 4. The molecule has 3 rings (SSSR count). The predicted molar refractivity (Wildman–Crippen MR) is 86.1 cm³/mol. The normalized spacial score (nSPS) is 17.1. The van der Waals surface area contributed by atoms with E-state index in [1.807, 2.05) is 0 Å². The van der Waals surface area contributed by atoms with E-state index in [0.717, 1.165) is 30.4 Å². The first-order valence-electron chi connectivity index (χ1n) is 8.33. The van der Waals surface area contributed by atoms with Crippen molar-refractivity contribution in [3.05, 3.63) is 70.0 Å². The van der Waals surface area contributed by atoms with Gasteiger partial charge in [-0.25, -0.2) is 13.2 Å². The van der Waals surface area contributed by atoms with Crippen molar-refractivity contribution >= 4 is 0 Å². The van der Waals surface area contributed by atoms with Crippen molar-refractivity contribution in [1.29, 1.82) is 0 Å². The molecule has 0 N–H and O–H groups in total. The van der Waals surface area contributed by atoms with Crippen LogP contribution in [0.25, 0.3) is 0 Å². The molecule has 0 heterocycles. The van der Waals surface area contributed by atoms with E-state index in [1.54, 1.807) is 6.07 Å². The summed E-state index contributed by atoms with van der Waals surface area (Å²) in [7, 11) is 0. The number of fused-ring (bicyclic) bond motifs is 1. The second-order valence-electron chi connectivity index (χ2n) is 6.43. The van der Waals surface area contributed by atoms with Gasteiger partial charge in [0.2, 0.25) is 0 Å². The number of aryl methyl sites for hydroxylation is 2. The van der Waals surface area contributed by atoms with Gasteiger partial charge in [-0.2, -0.15) is 0 Å². The van der Waals surface area contributed by atoms with Gasteiger partial charge in [0.25, 0.3) is 0 Å². The molecule has 3 heteroatoms. The first-order valence-corrected chi connectivity index (χ1v) is 8.33. The monoisotopic (exact) mass is 318 g/mol. The molecule has 0 amide bonds. The van der Waals surface area contributed by atoms with Gasteiger partial charge in [-0.3, -0.25) is 0 Å². The zero-order chi connectivity index (χ0) is 16.4. The predicted octanol–water partition coefficient (Wildman–Crippen LogP) is 5.72. The molecule has 0 saturated heterocycles. The van der Waals surface area contributed by atoms with E-state index in [-0.39, 0.29) is 17.3 Å². The zero-order valence-corrected chi connectivity index (χ0v) is 13.3. The van der Waals surface area contributed by atoms with Crippen molar-refractivity contribution in [3.63, 3.8) is 0 Å². The highest BCUT2D eigenvalue weighted by atomic mass is 19.1. The lowest BCUT2D eigenvalue weighted by Gasteiger charge is -2.26. The number of halogens is 3. The van der Waals surface area contributed by atoms with Crippen LogP contribution in [-0.2, 0) is 19.3 Å². The molecule has 1 aliphatic rings. The molecule has 0 saturated carbocycles. The Balaban J connectivity index is 1.87. The molecule has 1 unspecified atom stereocenters. The molecular formula is C20H21F3. The molecule has 1 atom stereocenters. The summed E-state index contributed by atoms with van der Waals surface area (Å²) in [4.78, 5) is 0. The lowest BCUT2D eigenvalue weighted by molar-refractivity contribution is 0.488. The fourth-order valence-corrected chi connectivity index (χ4v) is 3.52. The molecule has 0 radical (unpaired) electrons. The molecule has 1 aliphatic carbocycles. The van der Waals surface area contributed by atoms with Gasteiger partial charge in [-0.1, -0.05) is 19.4 Å². The SMILES string of the molecule is CCCCc1cc(F)c(C2CCc3ccc(F)cc3C2)c(F)c1. The highest BCUT2D eigenvalue weighted by molar-refractivity contribution is 5.36. The molecule has 0 aliphatic heterocycles. The topological polar surface area (TPSA) is 0 Å². The summed E-state index contributed by atoms with van der Waals surface area (Å²) < 4.78 is 42.3. The first-order chi connectivity index (χ1) is 11.1. The van der Waals surface area contributed by atoms with Crippen molar-refractivity contribution in [3.8, 4) is 0 Å². The summed E-state index contributed by atoms with van der Waals surface area (Å²) in [6.45, 7) is 2.06. The lowest BCUT2D eigenvalue weighted by Crippen LogP contribution is -2.16. The second kappa shape index (κ2) is 6.77. The van der Waals surface area contributed by atoms with Crippen LogP contribution in [0, 0.1) is 17.5 Å². The lowest BCUT2D eigenvalue weighted by atomic mass is 9.79. The Morgan fingerprint density at radius 1 is 1.00 bits per heavy atom. The van der Waals surface area contributed by atoms with Gasteiger partial charge in [-0.15, -0.1) is 0 Å². The van der Waals surface area contributed by atoms with Crippen molar-refractivity contribution in [2.24, 2.45) is 0 Å². The smallest absolute Gasteiger partial charge is 0.129 e. The molecule has 122 valence electrons. The summed E-state index contributed by atoms with van der Waals surface area (Å²) in [6.07, 6.45) is 4.54. The van der Waals surface area contributed by atoms with Crippen molar-refractivity contribution in [2.75, 3.05) is 0 Å². The van der Waals surface area contributed by atoms with Gasteiger partial charge in [0, 0.05) is 5.56 Å². The maximum atomic E-state index is 14.5. The molecule has 2 aromatic carbocycles. The van der Waals surface area contributed by atoms with Gasteiger partial charge in [0.15, 0.2) is 0 Å². The van der Waals surface area contributed by atoms with E-state index in [4.69, 9.17) is 0 Å². The summed E-state index contributed by atoms with van der Waals surface area (Å²) in [6, 6.07) is 7.65. The van der Waals surface area contributed by atoms with Crippen LogP contribution in [0.5, 0.6) is 0 Å². The molecule has 0 spiro atoms. The summed E-state index contributed by atoms with van der Waals surface area (Å²) in [5.41, 5.74) is 2.84. The zero-order valence-electron chi connectivity index (χ0n) is 13.3. The summed E-state index contributed by atoms with van der Waals surface area (Å²) in [5, 5.41) is 0. The van der Waals surface area contributed by atoms with Crippen LogP contribution < -0.4 is 0 Å². The Morgan fingerprint density at radius 2 is 1.74 bits per heavy atom. The van der Waals surface area contributed by atoms with Crippen LogP contribution >= 0.6 is 0 Å². The van der Waals surface area contributed by atoms with E-state index < -0.39 is 11.6 Å². The Morgan fingerprint density at radius 3 is 2.43 bits per heavy atom. The highest BCUT2D eigenvalue weighted by Gasteiger charge is 2.26. The summed E-state index contributed by atoms with van der Waals surface area (Å²) >= 11 is 0. The van der Waals surface area contributed by atoms with E-state index in [1.165, 1.54) is 24.3 Å².